The van der Waals surface area contributed by atoms with Crippen LogP contribution in [0.1, 0.15) is 28.8 Å². The number of H-pyrrole nitrogens is 1. The number of hydrogen-bond acceptors (Lipinski definition) is 5. The third kappa shape index (κ3) is 2.00. The van der Waals surface area contributed by atoms with Crippen molar-refractivity contribution in [2.75, 3.05) is 5.32 Å². The molecular weight excluding hydrogens is 258 g/mol. The van der Waals surface area contributed by atoms with Gasteiger partial charge in [0.25, 0.3) is 11.7 Å². The molecule has 102 valence electrons. The molecule has 0 aromatic carbocycles. The van der Waals surface area contributed by atoms with E-state index >= 15 is 0 Å². The largest absolute Gasteiger partial charge is 0.304 e. The van der Waals surface area contributed by atoms with Gasteiger partial charge in [-0.2, -0.15) is 10.1 Å². The van der Waals surface area contributed by atoms with Crippen LogP contribution in [-0.4, -0.2) is 35.7 Å². The third-order valence-corrected chi connectivity index (χ3v) is 2.97. The Bertz CT molecular complexity index is 773. The van der Waals surface area contributed by atoms with Gasteiger partial charge in [0.15, 0.2) is 0 Å². The zero-order valence-electron chi connectivity index (χ0n) is 11.1. The Balaban J connectivity index is 1.91. The smallest absolute Gasteiger partial charge is 0.296 e. The first-order chi connectivity index (χ1) is 9.69. The van der Waals surface area contributed by atoms with Gasteiger partial charge in [-0.3, -0.25) is 9.89 Å². The highest BCUT2D eigenvalue weighted by Crippen LogP contribution is 2.12. The second-order valence-corrected chi connectivity index (χ2v) is 4.31. The first-order valence-electron chi connectivity index (χ1n) is 6.21. The van der Waals surface area contributed by atoms with Gasteiger partial charge in [-0.15, -0.1) is 5.10 Å². The minimum Gasteiger partial charge on any atom is -0.304 e. The van der Waals surface area contributed by atoms with Crippen molar-refractivity contribution in [2.24, 2.45) is 0 Å². The molecule has 0 radical (unpaired) electrons. The first kappa shape index (κ1) is 12.3. The summed E-state index contributed by atoms with van der Waals surface area (Å²) in [7, 11) is 0. The Labute approximate surface area is 114 Å². The molecule has 0 aliphatic carbocycles. The summed E-state index contributed by atoms with van der Waals surface area (Å²) < 4.78 is 1.53. The van der Waals surface area contributed by atoms with Crippen molar-refractivity contribution in [1.29, 1.82) is 0 Å². The highest BCUT2D eigenvalue weighted by atomic mass is 16.2. The van der Waals surface area contributed by atoms with Crippen molar-refractivity contribution >= 4 is 17.5 Å². The van der Waals surface area contributed by atoms with Crippen LogP contribution >= 0.6 is 0 Å². The first-order valence-corrected chi connectivity index (χ1v) is 6.21. The minimum absolute atomic E-state index is 0.0726. The average Bonchev–Trinajstić information content (AvgIpc) is 3.05. The van der Waals surface area contributed by atoms with Gasteiger partial charge in [0.2, 0.25) is 5.82 Å². The van der Waals surface area contributed by atoms with Crippen LogP contribution in [0.2, 0.25) is 0 Å². The molecule has 3 heterocycles. The van der Waals surface area contributed by atoms with Crippen molar-refractivity contribution in [3.8, 4) is 0 Å². The SMILES string of the molecule is CCc1cn[nH]c1NC(=O)c1nc2nccc(C)n2n1. The van der Waals surface area contributed by atoms with Crippen LogP contribution in [-0.2, 0) is 6.42 Å². The molecule has 8 heteroatoms. The lowest BCUT2D eigenvalue weighted by molar-refractivity contribution is 0.101. The van der Waals surface area contributed by atoms with Crippen molar-refractivity contribution < 1.29 is 4.79 Å². The number of rotatable bonds is 3. The molecule has 1 amide bonds. The second kappa shape index (κ2) is 4.72. The number of amides is 1. The number of aromatic amines is 1. The summed E-state index contributed by atoms with van der Waals surface area (Å²) in [5.74, 6) is 0.647. The summed E-state index contributed by atoms with van der Waals surface area (Å²) in [4.78, 5) is 20.3. The predicted octanol–water partition coefficient (Wildman–Crippen LogP) is 0.971. The van der Waals surface area contributed by atoms with Crippen molar-refractivity contribution in [2.45, 2.75) is 20.3 Å². The summed E-state index contributed by atoms with van der Waals surface area (Å²) in [6.07, 6.45) is 4.08. The van der Waals surface area contributed by atoms with E-state index in [9.17, 15) is 4.79 Å². The van der Waals surface area contributed by atoms with Gasteiger partial charge in [-0.05, 0) is 19.4 Å². The molecule has 0 fully saturated rings. The average molecular weight is 271 g/mol. The normalized spacial score (nSPS) is 10.9. The van der Waals surface area contributed by atoms with Crippen LogP contribution < -0.4 is 5.32 Å². The molecule has 0 aliphatic heterocycles. The summed E-state index contributed by atoms with van der Waals surface area (Å²) in [6, 6.07) is 1.80. The number of carbonyl (C=O) groups excluding carboxylic acids is 1. The van der Waals surface area contributed by atoms with Gasteiger partial charge in [0.1, 0.15) is 5.82 Å². The zero-order chi connectivity index (χ0) is 14.1. The fraction of sp³-hybridized carbons (Fsp3) is 0.250. The molecule has 0 saturated heterocycles. The Kier molecular flexibility index (Phi) is 2.90. The molecule has 0 bridgehead atoms. The lowest BCUT2D eigenvalue weighted by Gasteiger charge is -2.00. The molecule has 0 saturated carbocycles. The topological polar surface area (TPSA) is 101 Å². The number of aromatic nitrogens is 6. The fourth-order valence-corrected chi connectivity index (χ4v) is 1.86. The maximum Gasteiger partial charge on any atom is 0.296 e. The molecule has 3 rings (SSSR count). The van der Waals surface area contributed by atoms with Crippen molar-refractivity contribution in [3.05, 3.63) is 35.5 Å². The number of carbonyl (C=O) groups is 1. The Morgan fingerprint density at radius 2 is 2.35 bits per heavy atom. The van der Waals surface area contributed by atoms with Crippen LogP contribution in [0.4, 0.5) is 5.82 Å². The number of aryl methyl sites for hydroxylation is 2. The van der Waals surface area contributed by atoms with E-state index in [0.717, 1.165) is 17.7 Å². The molecule has 0 aliphatic rings. The third-order valence-electron chi connectivity index (χ3n) is 2.97. The lowest BCUT2D eigenvalue weighted by Crippen LogP contribution is -2.15. The highest BCUT2D eigenvalue weighted by Gasteiger charge is 2.16. The van der Waals surface area contributed by atoms with Crippen LogP contribution in [0.5, 0.6) is 0 Å². The van der Waals surface area contributed by atoms with Gasteiger partial charge >= 0.3 is 0 Å². The summed E-state index contributed by atoms with van der Waals surface area (Å²) >= 11 is 0. The molecule has 0 atom stereocenters. The Morgan fingerprint density at radius 1 is 1.50 bits per heavy atom. The van der Waals surface area contributed by atoms with Gasteiger partial charge < -0.3 is 5.32 Å². The van der Waals surface area contributed by atoms with E-state index in [-0.39, 0.29) is 5.82 Å². The van der Waals surface area contributed by atoms with Crippen LogP contribution in [0.15, 0.2) is 18.5 Å². The summed E-state index contributed by atoms with van der Waals surface area (Å²) in [6.45, 7) is 3.85. The van der Waals surface area contributed by atoms with Gasteiger partial charge in [0, 0.05) is 17.5 Å². The molecule has 3 aromatic rings. The van der Waals surface area contributed by atoms with E-state index in [1.165, 1.54) is 4.52 Å². The molecule has 8 nitrogen and oxygen atoms in total. The Hall–Kier alpha value is -2.77. The number of hydrogen-bond donors (Lipinski definition) is 2. The molecule has 20 heavy (non-hydrogen) atoms. The number of nitrogens with one attached hydrogen (secondary N) is 2. The lowest BCUT2D eigenvalue weighted by atomic mass is 10.2. The van der Waals surface area contributed by atoms with E-state index in [1.807, 2.05) is 13.8 Å². The quantitative estimate of drug-likeness (QED) is 0.739. The van der Waals surface area contributed by atoms with E-state index in [4.69, 9.17) is 0 Å². The van der Waals surface area contributed by atoms with E-state index in [2.05, 4.69) is 30.6 Å². The molecule has 0 unspecified atom stereocenters. The second-order valence-electron chi connectivity index (χ2n) is 4.31. The molecule has 0 spiro atoms. The van der Waals surface area contributed by atoms with Crippen molar-refractivity contribution in [1.82, 2.24) is 29.8 Å². The van der Waals surface area contributed by atoms with E-state index in [1.54, 1.807) is 18.5 Å². The number of fused-ring (bicyclic) bond motifs is 1. The van der Waals surface area contributed by atoms with Gasteiger partial charge in [-0.1, -0.05) is 6.92 Å². The van der Waals surface area contributed by atoms with Crippen LogP contribution in [0.3, 0.4) is 0 Å². The molecule has 2 N–H and O–H groups in total. The monoisotopic (exact) mass is 271 g/mol. The fourth-order valence-electron chi connectivity index (χ4n) is 1.86. The maximum absolute atomic E-state index is 12.1. The Morgan fingerprint density at radius 3 is 3.10 bits per heavy atom. The molecular formula is C12H13N7O. The summed E-state index contributed by atoms with van der Waals surface area (Å²) in [5, 5.41) is 13.5. The highest BCUT2D eigenvalue weighted by molar-refractivity contribution is 6.01. The number of nitrogens with zero attached hydrogens (tertiary/aromatic N) is 5. The van der Waals surface area contributed by atoms with Gasteiger partial charge in [0.05, 0.1) is 6.20 Å². The maximum atomic E-state index is 12.1. The summed E-state index contributed by atoms with van der Waals surface area (Å²) in [5.41, 5.74) is 1.79. The van der Waals surface area contributed by atoms with E-state index < -0.39 is 5.91 Å². The standard InChI is InChI=1S/C12H13N7O/c1-3-8-6-14-17-9(8)15-11(20)10-16-12-13-5-4-7(2)19(12)18-10/h4-6H,3H2,1-2H3,(H2,14,15,17,20). The number of anilines is 1. The van der Waals surface area contributed by atoms with Gasteiger partial charge in [-0.25, -0.2) is 9.50 Å². The predicted molar refractivity (Wildman–Crippen MR) is 71.4 cm³/mol. The van der Waals surface area contributed by atoms with Crippen LogP contribution in [0, 0.1) is 6.92 Å². The zero-order valence-corrected chi connectivity index (χ0v) is 11.1. The van der Waals surface area contributed by atoms with Crippen LogP contribution in [0.25, 0.3) is 5.78 Å². The van der Waals surface area contributed by atoms with E-state index in [0.29, 0.717) is 11.6 Å². The minimum atomic E-state index is -0.395. The van der Waals surface area contributed by atoms with Crippen molar-refractivity contribution in [3.63, 3.8) is 0 Å². The molecule has 3 aromatic heterocycles.